The highest BCUT2D eigenvalue weighted by atomic mass is 32.2. The fourth-order valence-corrected chi connectivity index (χ4v) is 3.76. The molecule has 0 amide bonds. The number of rotatable bonds is 4. The van der Waals surface area contributed by atoms with Gasteiger partial charge in [-0.25, -0.2) is 9.97 Å². The highest BCUT2D eigenvalue weighted by Gasteiger charge is 2.32. The number of hydrogen-bond acceptors (Lipinski definition) is 6. The molecule has 0 saturated carbocycles. The van der Waals surface area contributed by atoms with E-state index in [0.717, 1.165) is 0 Å². The molecule has 0 fully saturated rings. The lowest BCUT2D eigenvalue weighted by molar-refractivity contribution is -0.120. The quantitative estimate of drug-likeness (QED) is 0.808. The minimum absolute atomic E-state index is 0.0651. The van der Waals surface area contributed by atoms with Crippen LogP contribution in [0, 0.1) is 0 Å². The van der Waals surface area contributed by atoms with Crippen LogP contribution < -0.4 is 0 Å². The van der Waals surface area contributed by atoms with Gasteiger partial charge in [0.1, 0.15) is 10.1 Å². The van der Waals surface area contributed by atoms with Crippen LogP contribution in [0.25, 0.3) is 0 Å². The second-order valence-corrected chi connectivity index (χ2v) is 6.28. The van der Waals surface area contributed by atoms with E-state index >= 15 is 0 Å². The van der Waals surface area contributed by atoms with Crippen molar-refractivity contribution in [2.24, 2.45) is 0 Å². The van der Waals surface area contributed by atoms with E-state index in [2.05, 4.69) is 9.97 Å². The van der Waals surface area contributed by atoms with E-state index in [4.69, 9.17) is 0 Å². The van der Waals surface area contributed by atoms with Gasteiger partial charge in [-0.15, -0.1) is 0 Å². The summed E-state index contributed by atoms with van der Waals surface area (Å²) in [5.41, 5.74) is 0. The Morgan fingerprint density at radius 1 is 0.762 bits per heavy atom. The molecule has 0 aliphatic heterocycles. The summed E-state index contributed by atoms with van der Waals surface area (Å²) < 4.78 is 0. The van der Waals surface area contributed by atoms with Crippen LogP contribution in [0.15, 0.2) is 68.7 Å². The Kier molecular flexibility index (Phi) is 4.17. The summed E-state index contributed by atoms with van der Waals surface area (Å²) in [4.78, 5) is 33.4. The first-order chi connectivity index (χ1) is 10.2. The molecule has 3 rings (SSSR count). The van der Waals surface area contributed by atoms with Crippen LogP contribution in [0.5, 0.6) is 0 Å². The normalized spacial score (nSPS) is 14.9. The van der Waals surface area contributed by atoms with Gasteiger partial charge in [-0.1, -0.05) is 35.7 Å². The molecule has 0 bridgehead atoms. The highest BCUT2D eigenvalue weighted by molar-refractivity contribution is 8.08. The summed E-state index contributed by atoms with van der Waals surface area (Å²) in [5.74, 6) is -0.289. The second kappa shape index (κ2) is 6.24. The van der Waals surface area contributed by atoms with Crippen LogP contribution in [0.2, 0.25) is 0 Å². The number of thioether (sulfide) groups is 2. The first-order valence-corrected chi connectivity index (χ1v) is 7.86. The van der Waals surface area contributed by atoms with E-state index in [1.807, 2.05) is 36.4 Å². The molecule has 1 aliphatic rings. The summed E-state index contributed by atoms with van der Waals surface area (Å²) >= 11 is 2.48. The van der Waals surface area contributed by atoms with Gasteiger partial charge in [-0.05, 0) is 24.3 Å². The fraction of sp³-hybridized carbons (Fsp3) is 0.0667. The molecule has 0 radical (unpaired) electrons. The van der Waals surface area contributed by atoms with Gasteiger partial charge in [0.15, 0.2) is 11.6 Å². The minimum Gasteiger partial charge on any atom is -0.293 e. The summed E-state index contributed by atoms with van der Waals surface area (Å²) in [7, 11) is 0. The maximum Gasteiger partial charge on any atom is 0.178 e. The number of carbonyl (C=O) groups is 2. The van der Waals surface area contributed by atoms with E-state index < -0.39 is 0 Å². The molecule has 2 aromatic heterocycles. The Morgan fingerprint density at radius 3 is 1.62 bits per heavy atom. The molecular formula is C15H10N2O2S2. The zero-order valence-corrected chi connectivity index (χ0v) is 12.5. The maximum atomic E-state index is 12.0. The Hall–Kier alpha value is -1.92. The summed E-state index contributed by atoms with van der Waals surface area (Å²) in [6.45, 7) is 0. The van der Waals surface area contributed by atoms with Crippen LogP contribution in [-0.4, -0.2) is 21.5 Å². The van der Waals surface area contributed by atoms with Crippen molar-refractivity contribution in [2.45, 2.75) is 16.5 Å². The monoisotopic (exact) mass is 314 g/mol. The lowest BCUT2D eigenvalue weighted by Gasteiger charge is -2.04. The van der Waals surface area contributed by atoms with Crippen molar-refractivity contribution in [3.8, 4) is 0 Å². The zero-order valence-electron chi connectivity index (χ0n) is 10.9. The summed E-state index contributed by atoms with van der Waals surface area (Å²) in [5, 5.41) is 1.41. The smallest absolute Gasteiger partial charge is 0.178 e. The number of aromatic nitrogens is 2. The molecule has 0 aromatic carbocycles. The number of ketones is 2. The van der Waals surface area contributed by atoms with E-state index in [1.54, 1.807) is 12.4 Å². The van der Waals surface area contributed by atoms with Crippen LogP contribution >= 0.6 is 23.5 Å². The number of Topliss-reactive ketones (excluding diaryl/α,β-unsaturated/α-hetero) is 2. The lowest BCUT2D eigenvalue weighted by Crippen LogP contribution is -1.95. The van der Waals surface area contributed by atoms with Crippen LogP contribution in [0.3, 0.4) is 0 Å². The number of nitrogens with zero attached hydrogens (tertiary/aromatic N) is 2. The van der Waals surface area contributed by atoms with E-state index in [-0.39, 0.29) is 18.0 Å². The summed E-state index contributed by atoms with van der Waals surface area (Å²) in [6.07, 6.45) is 3.26. The van der Waals surface area contributed by atoms with Gasteiger partial charge in [0.05, 0.1) is 16.2 Å². The van der Waals surface area contributed by atoms with Gasteiger partial charge in [-0.3, -0.25) is 9.59 Å². The van der Waals surface area contributed by atoms with E-state index in [9.17, 15) is 9.59 Å². The number of carbonyl (C=O) groups excluding carboxylic acids is 2. The molecule has 1 aliphatic carbocycles. The molecule has 4 nitrogen and oxygen atoms in total. The van der Waals surface area contributed by atoms with E-state index in [0.29, 0.717) is 19.9 Å². The zero-order chi connectivity index (χ0) is 14.7. The third kappa shape index (κ3) is 3.22. The van der Waals surface area contributed by atoms with Gasteiger partial charge in [0, 0.05) is 12.4 Å². The van der Waals surface area contributed by atoms with Crippen LogP contribution in [-0.2, 0) is 9.59 Å². The minimum atomic E-state index is -0.144. The predicted octanol–water partition coefficient (Wildman–Crippen LogP) is 3.11. The highest BCUT2D eigenvalue weighted by Crippen LogP contribution is 2.41. The van der Waals surface area contributed by atoms with Crippen molar-refractivity contribution in [3.05, 3.63) is 58.6 Å². The van der Waals surface area contributed by atoms with Crippen molar-refractivity contribution in [2.75, 3.05) is 0 Å². The molecule has 0 saturated heterocycles. The van der Waals surface area contributed by atoms with Crippen molar-refractivity contribution >= 4 is 35.1 Å². The predicted molar refractivity (Wildman–Crippen MR) is 81.8 cm³/mol. The third-order valence-corrected chi connectivity index (χ3v) is 5.02. The first-order valence-electron chi connectivity index (χ1n) is 6.22. The molecule has 6 heteroatoms. The molecule has 104 valence electrons. The maximum absolute atomic E-state index is 12.0. The Bertz CT molecular complexity index is 653. The molecule has 0 atom stereocenters. The molecular weight excluding hydrogens is 304 g/mol. The molecule has 21 heavy (non-hydrogen) atoms. The van der Waals surface area contributed by atoms with Crippen LogP contribution in [0.4, 0.5) is 0 Å². The van der Waals surface area contributed by atoms with Gasteiger partial charge >= 0.3 is 0 Å². The largest absolute Gasteiger partial charge is 0.293 e. The molecule has 2 aromatic rings. The average molecular weight is 314 g/mol. The van der Waals surface area contributed by atoms with Crippen molar-refractivity contribution in [1.29, 1.82) is 0 Å². The second-order valence-electron chi connectivity index (χ2n) is 4.22. The number of hydrogen-bond donors (Lipinski definition) is 0. The topological polar surface area (TPSA) is 59.9 Å². The third-order valence-electron chi connectivity index (χ3n) is 2.72. The van der Waals surface area contributed by atoms with Crippen LogP contribution in [0.1, 0.15) is 6.42 Å². The molecule has 0 spiro atoms. The van der Waals surface area contributed by atoms with Gasteiger partial charge in [-0.2, -0.15) is 0 Å². The van der Waals surface area contributed by atoms with Gasteiger partial charge < -0.3 is 0 Å². The fourth-order valence-electron chi connectivity index (χ4n) is 1.79. The van der Waals surface area contributed by atoms with Gasteiger partial charge in [0.25, 0.3) is 0 Å². The lowest BCUT2D eigenvalue weighted by atomic mass is 10.3. The van der Waals surface area contributed by atoms with Crippen molar-refractivity contribution in [3.63, 3.8) is 0 Å². The SMILES string of the molecule is O=C1CC(=O)C(Sc2ccccn2)=C1Sc1ccccn1. The molecule has 0 N–H and O–H groups in total. The Labute approximate surface area is 130 Å². The average Bonchev–Trinajstić information content (AvgIpc) is 2.76. The van der Waals surface area contributed by atoms with Gasteiger partial charge in [0.2, 0.25) is 0 Å². The summed E-state index contributed by atoms with van der Waals surface area (Å²) in [6, 6.07) is 11.0. The first kappa shape index (κ1) is 14.0. The standard InChI is InChI=1S/C15H10N2O2S2/c18-10-9-11(19)15(21-13-6-2-4-8-17-13)14(10)20-12-5-1-3-7-16-12/h1-8H,9H2. The van der Waals surface area contributed by atoms with Crippen molar-refractivity contribution < 1.29 is 9.59 Å². The molecule has 0 unspecified atom stereocenters. The number of allylic oxidation sites excluding steroid dienone is 2. The van der Waals surface area contributed by atoms with E-state index in [1.165, 1.54) is 23.5 Å². The molecule has 2 heterocycles. The van der Waals surface area contributed by atoms with Crippen molar-refractivity contribution in [1.82, 2.24) is 9.97 Å². The Balaban J connectivity index is 1.92. The number of pyridine rings is 2. The Morgan fingerprint density at radius 2 is 1.24 bits per heavy atom.